The van der Waals surface area contributed by atoms with Gasteiger partial charge in [-0.2, -0.15) is 10.4 Å². The lowest BCUT2D eigenvalue weighted by atomic mass is 9.79. The highest BCUT2D eigenvalue weighted by Crippen LogP contribution is 2.34. The van der Waals surface area contributed by atoms with E-state index in [4.69, 9.17) is 14.5 Å². The fourth-order valence-electron chi connectivity index (χ4n) is 5.40. The van der Waals surface area contributed by atoms with Crippen LogP contribution in [0, 0.1) is 11.3 Å². The third-order valence-electron chi connectivity index (χ3n) is 7.69. The smallest absolute Gasteiger partial charge is 0.138 e. The highest BCUT2D eigenvalue weighted by Gasteiger charge is 2.39. The van der Waals surface area contributed by atoms with Gasteiger partial charge in [-0.25, -0.2) is 9.50 Å². The van der Waals surface area contributed by atoms with Crippen LogP contribution in [0.15, 0.2) is 36.8 Å². The van der Waals surface area contributed by atoms with Crippen molar-refractivity contribution in [3.8, 4) is 22.9 Å². The number of morpholine rings is 1. The summed E-state index contributed by atoms with van der Waals surface area (Å²) in [7, 11) is 0. The summed E-state index contributed by atoms with van der Waals surface area (Å²) in [5, 5.41) is 17.7. The Balaban J connectivity index is 1.21. The molecule has 0 saturated carbocycles. The quantitative estimate of drug-likeness (QED) is 0.583. The van der Waals surface area contributed by atoms with Crippen molar-refractivity contribution in [2.75, 3.05) is 64.0 Å². The summed E-state index contributed by atoms with van der Waals surface area (Å²) in [6.07, 6.45) is 8.99. The molecule has 1 N–H and O–H groups in total. The number of pyridine rings is 2. The van der Waals surface area contributed by atoms with Crippen LogP contribution in [0.25, 0.3) is 16.6 Å². The molecule has 0 aliphatic carbocycles. The van der Waals surface area contributed by atoms with E-state index in [9.17, 15) is 5.26 Å². The molecule has 9 heteroatoms. The first-order valence-corrected chi connectivity index (χ1v) is 12.5. The second-order valence-corrected chi connectivity index (χ2v) is 9.70. The Morgan fingerprint density at radius 1 is 1.11 bits per heavy atom. The lowest BCUT2D eigenvalue weighted by molar-refractivity contribution is 0.0322. The molecule has 182 valence electrons. The van der Waals surface area contributed by atoms with Crippen LogP contribution in [0.5, 0.6) is 5.75 Å². The fourth-order valence-corrected chi connectivity index (χ4v) is 5.40. The maximum Gasteiger partial charge on any atom is 0.138 e. The van der Waals surface area contributed by atoms with E-state index in [-0.39, 0.29) is 0 Å². The molecule has 0 amide bonds. The molecule has 9 nitrogen and oxygen atoms in total. The number of fused-ring (bicyclic) bond motifs is 1. The Hall–Kier alpha value is -3.19. The molecular formula is C26H31N7O2. The van der Waals surface area contributed by atoms with Gasteiger partial charge in [-0.3, -0.25) is 4.90 Å². The van der Waals surface area contributed by atoms with Gasteiger partial charge in [-0.1, -0.05) is 0 Å². The lowest BCUT2D eigenvalue weighted by Crippen LogP contribution is -2.62. The Morgan fingerprint density at radius 2 is 1.94 bits per heavy atom. The van der Waals surface area contributed by atoms with E-state index >= 15 is 0 Å². The average molecular weight is 474 g/mol. The number of nitriles is 1. The number of hydrogen-bond donors (Lipinski definition) is 1. The number of rotatable bonds is 6. The van der Waals surface area contributed by atoms with E-state index in [2.05, 4.69) is 38.4 Å². The summed E-state index contributed by atoms with van der Waals surface area (Å²) in [5.74, 6) is 1.73. The van der Waals surface area contributed by atoms with Gasteiger partial charge in [0.25, 0.3) is 0 Å². The molecule has 3 fully saturated rings. The first-order chi connectivity index (χ1) is 17.2. The third kappa shape index (κ3) is 4.45. The molecule has 1 spiro atoms. The van der Waals surface area contributed by atoms with E-state index in [0.717, 1.165) is 80.7 Å². The third-order valence-corrected chi connectivity index (χ3v) is 7.69. The molecule has 6 heterocycles. The van der Waals surface area contributed by atoms with Crippen LogP contribution in [0.4, 0.5) is 5.82 Å². The Labute approximate surface area is 205 Å². The standard InChI is InChI=1S/C26H31N7O2/c27-16-21-18-30-33-19-22(35-14-11-31-9-12-34-13-10-31)15-23(25(21)33)20-1-2-24(28-17-20)32-7-4-26(5-8-32)3-6-29-26/h1-2,15,17-19,29H,3-14H2. The van der Waals surface area contributed by atoms with E-state index in [0.29, 0.717) is 17.7 Å². The molecule has 35 heavy (non-hydrogen) atoms. The van der Waals surface area contributed by atoms with Gasteiger partial charge >= 0.3 is 0 Å². The normalized spacial score (nSPS) is 20.0. The molecule has 0 unspecified atom stereocenters. The number of hydrogen-bond acceptors (Lipinski definition) is 8. The second kappa shape index (κ2) is 9.46. The van der Waals surface area contributed by atoms with Gasteiger partial charge in [0, 0.05) is 55.6 Å². The zero-order chi connectivity index (χ0) is 23.7. The molecule has 0 atom stereocenters. The SMILES string of the molecule is N#Cc1cnn2cc(OCCN3CCOCC3)cc(-c3ccc(N4CCC5(CCN5)CC4)nc3)c12. The summed E-state index contributed by atoms with van der Waals surface area (Å²) < 4.78 is 13.3. The summed E-state index contributed by atoms with van der Waals surface area (Å²) in [6, 6.07) is 8.45. The van der Waals surface area contributed by atoms with Crippen molar-refractivity contribution in [1.82, 2.24) is 24.8 Å². The molecule has 3 aliphatic heterocycles. The summed E-state index contributed by atoms with van der Waals surface area (Å²) in [4.78, 5) is 9.52. The maximum absolute atomic E-state index is 9.65. The van der Waals surface area contributed by atoms with Crippen molar-refractivity contribution >= 4 is 11.3 Å². The minimum absolute atomic E-state index is 0.375. The average Bonchev–Trinajstić information content (AvgIpc) is 3.31. The van der Waals surface area contributed by atoms with Crippen LogP contribution in [0.3, 0.4) is 0 Å². The van der Waals surface area contributed by atoms with Gasteiger partial charge in [0.05, 0.1) is 36.7 Å². The van der Waals surface area contributed by atoms with Crippen LogP contribution in [0.2, 0.25) is 0 Å². The monoisotopic (exact) mass is 473 g/mol. The Morgan fingerprint density at radius 3 is 2.63 bits per heavy atom. The molecule has 3 aliphatic rings. The van der Waals surface area contributed by atoms with Crippen LogP contribution >= 0.6 is 0 Å². The van der Waals surface area contributed by atoms with Gasteiger partial charge in [0.1, 0.15) is 24.2 Å². The van der Waals surface area contributed by atoms with E-state index < -0.39 is 0 Å². The topological polar surface area (TPSA) is 91.0 Å². The Bertz CT molecular complexity index is 1210. The minimum atomic E-state index is 0.375. The zero-order valence-electron chi connectivity index (χ0n) is 19.9. The predicted octanol–water partition coefficient (Wildman–Crippen LogP) is 2.31. The van der Waals surface area contributed by atoms with Gasteiger partial charge < -0.3 is 19.7 Å². The van der Waals surface area contributed by atoms with Crippen molar-refractivity contribution in [2.24, 2.45) is 0 Å². The number of piperidine rings is 1. The van der Waals surface area contributed by atoms with Gasteiger partial charge in [-0.15, -0.1) is 0 Å². The molecule has 3 aromatic heterocycles. The highest BCUT2D eigenvalue weighted by atomic mass is 16.5. The maximum atomic E-state index is 9.65. The highest BCUT2D eigenvalue weighted by molar-refractivity contribution is 5.85. The van der Waals surface area contributed by atoms with Crippen LogP contribution in [-0.4, -0.2) is 84.1 Å². The molecule has 0 radical (unpaired) electrons. The number of nitrogens with zero attached hydrogens (tertiary/aromatic N) is 6. The van der Waals surface area contributed by atoms with Crippen molar-refractivity contribution in [3.05, 3.63) is 42.4 Å². The first-order valence-electron chi connectivity index (χ1n) is 12.5. The molecule has 0 aromatic carbocycles. The van der Waals surface area contributed by atoms with Crippen molar-refractivity contribution in [2.45, 2.75) is 24.8 Å². The minimum Gasteiger partial charge on any atom is -0.491 e. The van der Waals surface area contributed by atoms with E-state index in [1.165, 1.54) is 19.3 Å². The van der Waals surface area contributed by atoms with Crippen molar-refractivity contribution in [3.63, 3.8) is 0 Å². The summed E-state index contributed by atoms with van der Waals surface area (Å²) >= 11 is 0. The number of anilines is 1. The fraction of sp³-hybridized carbons (Fsp3) is 0.500. The second-order valence-electron chi connectivity index (χ2n) is 9.70. The zero-order valence-corrected chi connectivity index (χ0v) is 19.9. The first kappa shape index (κ1) is 22.3. The lowest BCUT2D eigenvalue weighted by Gasteiger charge is -2.49. The van der Waals surface area contributed by atoms with E-state index in [1.807, 2.05) is 18.5 Å². The number of aromatic nitrogens is 3. The van der Waals surface area contributed by atoms with Gasteiger partial charge in [-0.05, 0) is 44.0 Å². The van der Waals surface area contributed by atoms with Gasteiger partial charge in [0.2, 0.25) is 0 Å². The number of nitrogens with one attached hydrogen (secondary N) is 1. The van der Waals surface area contributed by atoms with Crippen molar-refractivity contribution in [1.29, 1.82) is 5.26 Å². The molecule has 6 rings (SSSR count). The molecule has 3 aromatic rings. The number of ether oxygens (including phenoxy) is 2. The van der Waals surface area contributed by atoms with Gasteiger partial charge in [0.15, 0.2) is 0 Å². The largest absolute Gasteiger partial charge is 0.491 e. The summed E-state index contributed by atoms with van der Waals surface area (Å²) in [5.41, 5.74) is 3.54. The van der Waals surface area contributed by atoms with Crippen molar-refractivity contribution < 1.29 is 9.47 Å². The Kier molecular flexibility index (Phi) is 6.02. The summed E-state index contributed by atoms with van der Waals surface area (Å²) in [6.45, 7) is 8.06. The predicted molar refractivity (Wildman–Crippen MR) is 133 cm³/mol. The van der Waals surface area contributed by atoms with Crippen LogP contribution in [-0.2, 0) is 4.74 Å². The molecule has 3 saturated heterocycles. The van der Waals surface area contributed by atoms with Crippen LogP contribution < -0.4 is 15.0 Å². The van der Waals surface area contributed by atoms with Crippen LogP contribution in [0.1, 0.15) is 24.8 Å². The molecule has 0 bridgehead atoms. The molecular weight excluding hydrogens is 442 g/mol. The van der Waals surface area contributed by atoms with E-state index in [1.54, 1.807) is 10.7 Å².